The maximum atomic E-state index is 11.5. The highest BCUT2D eigenvalue weighted by Gasteiger charge is 2.28. The van der Waals surface area contributed by atoms with Gasteiger partial charge in [-0.05, 0) is 39.5 Å². The number of hydrogen-bond acceptors (Lipinski definition) is 2. The van der Waals surface area contributed by atoms with Gasteiger partial charge in [0.2, 0.25) is 0 Å². The van der Waals surface area contributed by atoms with E-state index >= 15 is 0 Å². The van der Waals surface area contributed by atoms with Crippen molar-refractivity contribution in [2.24, 2.45) is 11.3 Å². The van der Waals surface area contributed by atoms with E-state index in [4.69, 9.17) is 4.74 Å². The van der Waals surface area contributed by atoms with Crippen LogP contribution in [0.4, 0.5) is 0 Å². The van der Waals surface area contributed by atoms with Crippen molar-refractivity contribution < 1.29 is 9.53 Å². The standard InChI is InChI=1S/C11H22O2/c1-6-13-10(12)11(4,5)8-7-9(2)3/h9H,6-8H2,1-5H3. The molecule has 0 aliphatic heterocycles. The van der Waals surface area contributed by atoms with Crippen molar-refractivity contribution in [1.29, 1.82) is 0 Å². The molecule has 13 heavy (non-hydrogen) atoms. The Bertz CT molecular complexity index is 159. The molecule has 0 heterocycles. The predicted octanol–water partition coefficient (Wildman–Crippen LogP) is 3.01. The summed E-state index contributed by atoms with van der Waals surface area (Å²) in [5.74, 6) is 0.573. The highest BCUT2D eigenvalue weighted by molar-refractivity contribution is 5.75. The maximum Gasteiger partial charge on any atom is 0.311 e. The molecule has 0 saturated heterocycles. The number of carbonyl (C=O) groups excluding carboxylic acids is 1. The van der Waals surface area contributed by atoms with Crippen molar-refractivity contribution in [3.8, 4) is 0 Å². The lowest BCUT2D eigenvalue weighted by atomic mass is 9.85. The second-order valence-electron chi connectivity index (χ2n) is 4.54. The topological polar surface area (TPSA) is 26.3 Å². The number of ether oxygens (including phenoxy) is 1. The van der Waals surface area contributed by atoms with Gasteiger partial charge in [-0.15, -0.1) is 0 Å². The average molecular weight is 186 g/mol. The highest BCUT2D eigenvalue weighted by atomic mass is 16.5. The van der Waals surface area contributed by atoms with Gasteiger partial charge in [0.25, 0.3) is 0 Å². The molecule has 0 aliphatic carbocycles. The van der Waals surface area contributed by atoms with Crippen LogP contribution < -0.4 is 0 Å². The van der Waals surface area contributed by atoms with Crippen molar-refractivity contribution in [3.63, 3.8) is 0 Å². The SMILES string of the molecule is CCOC(=O)C(C)(C)CCC(C)C. The molecule has 0 unspecified atom stereocenters. The summed E-state index contributed by atoms with van der Waals surface area (Å²) >= 11 is 0. The third-order valence-corrected chi connectivity index (χ3v) is 2.17. The summed E-state index contributed by atoms with van der Waals surface area (Å²) in [7, 11) is 0. The largest absolute Gasteiger partial charge is 0.466 e. The first-order valence-electron chi connectivity index (χ1n) is 5.07. The molecule has 2 heteroatoms. The molecule has 0 spiro atoms. The Labute approximate surface area is 81.7 Å². The van der Waals surface area contributed by atoms with Crippen LogP contribution in [-0.4, -0.2) is 12.6 Å². The number of carbonyl (C=O) groups is 1. The van der Waals surface area contributed by atoms with Crippen LogP contribution in [0.3, 0.4) is 0 Å². The van der Waals surface area contributed by atoms with Gasteiger partial charge in [-0.3, -0.25) is 4.79 Å². The van der Waals surface area contributed by atoms with Gasteiger partial charge >= 0.3 is 5.97 Å². The van der Waals surface area contributed by atoms with Gasteiger partial charge in [-0.25, -0.2) is 0 Å². The lowest BCUT2D eigenvalue weighted by Crippen LogP contribution is -2.27. The van der Waals surface area contributed by atoms with Crippen LogP contribution in [0.15, 0.2) is 0 Å². The smallest absolute Gasteiger partial charge is 0.311 e. The molecule has 0 amide bonds. The molecule has 0 aromatic rings. The average Bonchev–Trinajstić information content (AvgIpc) is 2.01. The monoisotopic (exact) mass is 186 g/mol. The number of hydrogen-bond donors (Lipinski definition) is 0. The molecule has 0 atom stereocenters. The van der Waals surface area contributed by atoms with E-state index in [0.29, 0.717) is 12.5 Å². The molecule has 0 rings (SSSR count). The summed E-state index contributed by atoms with van der Waals surface area (Å²) < 4.78 is 5.00. The molecule has 0 saturated carbocycles. The van der Waals surface area contributed by atoms with E-state index in [1.54, 1.807) is 0 Å². The van der Waals surface area contributed by atoms with Gasteiger partial charge < -0.3 is 4.74 Å². The third kappa shape index (κ3) is 4.91. The van der Waals surface area contributed by atoms with Crippen LogP contribution >= 0.6 is 0 Å². The molecule has 0 fully saturated rings. The van der Waals surface area contributed by atoms with Crippen LogP contribution in [0.5, 0.6) is 0 Å². The molecular weight excluding hydrogens is 164 g/mol. The fourth-order valence-corrected chi connectivity index (χ4v) is 1.08. The lowest BCUT2D eigenvalue weighted by Gasteiger charge is -2.22. The molecule has 2 nitrogen and oxygen atoms in total. The molecule has 0 N–H and O–H groups in total. The first-order valence-corrected chi connectivity index (χ1v) is 5.07. The normalized spacial score (nSPS) is 11.8. The summed E-state index contributed by atoms with van der Waals surface area (Å²) in [5, 5.41) is 0. The zero-order valence-corrected chi connectivity index (χ0v) is 9.52. The Morgan fingerprint density at radius 2 is 1.92 bits per heavy atom. The first-order chi connectivity index (χ1) is 5.90. The van der Waals surface area contributed by atoms with Crippen molar-refractivity contribution in [3.05, 3.63) is 0 Å². The van der Waals surface area contributed by atoms with Gasteiger partial charge in [0.15, 0.2) is 0 Å². The summed E-state index contributed by atoms with van der Waals surface area (Å²) in [4.78, 5) is 11.5. The lowest BCUT2D eigenvalue weighted by molar-refractivity contribution is -0.153. The summed E-state index contributed by atoms with van der Waals surface area (Å²) in [6.07, 6.45) is 1.98. The van der Waals surface area contributed by atoms with E-state index < -0.39 is 0 Å². The van der Waals surface area contributed by atoms with Crippen LogP contribution in [0.25, 0.3) is 0 Å². The van der Waals surface area contributed by atoms with Gasteiger partial charge in [0, 0.05) is 0 Å². The van der Waals surface area contributed by atoms with E-state index in [1.165, 1.54) is 0 Å². The fourth-order valence-electron chi connectivity index (χ4n) is 1.08. The minimum Gasteiger partial charge on any atom is -0.466 e. The van der Waals surface area contributed by atoms with Crippen LogP contribution in [0.1, 0.15) is 47.5 Å². The molecule has 0 aromatic carbocycles. The Morgan fingerprint density at radius 1 is 1.38 bits per heavy atom. The van der Waals surface area contributed by atoms with Gasteiger partial charge in [-0.1, -0.05) is 13.8 Å². The summed E-state index contributed by atoms with van der Waals surface area (Å²) in [5.41, 5.74) is -0.319. The van der Waals surface area contributed by atoms with E-state index in [-0.39, 0.29) is 11.4 Å². The maximum absolute atomic E-state index is 11.5. The second kappa shape index (κ2) is 5.25. The molecule has 0 aromatic heterocycles. The number of esters is 1. The molecule has 0 bridgehead atoms. The third-order valence-electron chi connectivity index (χ3n) is 2.17. The minimum absolute atomic E-state index is 0.0735. The van der Waals surface area contributed by atoms with Gasteiger partial charge in [0.1, 0.15) is 0 Å². The zero-order valence-electron chi connectivity index (χ0n) is 9.52. The molecule has 78 valence electrons. The van der Waals surface area contributed by atoms with Crippen LogP contribution in [0.2, 0.25) is 0 Å². The van der Waals surface area contributed by atoms with E-state index in [1.807, 2.05) is 20.8 Å². The number of rotatable bonds is 5. The molecule has 0 aliphatic rings. The van der Waals surface area contributed by atoms with E-state index in [9.17, 15) is 4.79 Å². The van der Waals surface area contributed by atoms with Crippen molar-refractivity contribution in [1.82, 2.24) is 0 Å². The zero-order chi connectivity index (χ0) is 10.5. The Morgan fingerprint density at radius 3 is 2.31 bits per heavy atom. The second-order valence-corrected chi connectivity index (χ2v) is 4.54. The fraction of sp³-hybridized carbons (Fsp3) is 0.909. The van der Waals surface area contributed by atoms with Crippen molar-refractivity contribution in [2.75, 3.05) is 6.61 Å². The summed E-state index contributed by atoms with van der Waals surface area (Å²) in [6, 6.07) is 0. The highest BCUT2D eigenvalue weighted by Crippen LogP contribution is 2.26. The van der Waals surface area contributed by atoms with Gasteiger partial charge in [-0.2, -0.15) is 0 Å². The Hall–Kier alpha value is -0.530. The Kier molecular flexibility index (Phi) is 5.04. The van der Waals surface area contributed by atoms with Crippen molar-refractivity contribution in [2.45, 2.75) is 47.5 Å². The van der Waals surface area contributed by atoms with E-state index in [2.05, 4.69) is 13.8 Å². The van der Waals surface area contributed by atoms with Gasteiger partial charge in [0.05, 0.1) is 12.0 Å². The minimum atomic E-state index is -0.319. The predicted molar refractivity (Wildman–Crippen MR) is 54.5 cm³/mol. The van der Waals surface area contributed by atoms with Crippen LogP contribution in [-0.2, 0) is 9.53 Å². The van der Waals surface area contributed by atoms with Crippen LogP contribution in [0, 0.1) is 11.3 Å². The molecular formula is C11H22O2. The van der Waals surface area contributed by atoms with E-state index in [0.717, 1.165) is 12.8 Å². The molecule has 0 radical (unpaired) electrons. The quantitative estimate of drug-likeness (QED) is 0.617. The first kappa shape index (κ1) is 12.5. The summed E-state index contributed by atoms with van der Waals surface area (Å²) in [6.45, 7) is 10.6. The van der Waals surface area contributed by atoms with Crippen molar-refractivity contribution >= 4 is 5.97 Å². The Balaban J connectivity index is 3.98.